The molecule has 0 bridgehead atoms. The quantitative estimate of drug-likeness (QED) is 0.423. The van der Waals surface area contributed by atoms with Gasteiger partial charge < -0.3 is 4.74 Å². The van der Waals surface area contributed by atoms with Crippen LogP contribution in [-0.4, -0.2) is 17.9 Å². The van der Waals surface area contributed by atoms with Crippen LogP contribution in [0.25, 0.3) is 0 Å². The maximum atomic E-state index is 12.7. The zero-order valence-corrected chi connectivity index (χ0v) is 15.3. The zero-order valence-electron chi connectivity index (χ0n) is 15.3. The number of ketones is 1. The molecule has 0 saturated heterocycles. The Bertz CT molecular complexity index is 549. The third-order valence-electron chi connectivity index (χ3n) is 5.30. The first-order valence-corrected chi connectivity index (χ1v) is 9.23. The van der Waals surface area contributed by atoms with E-state index >= 15 is 0 Å². The molecule has 1 aromatic carbocycles. The van der Waals surface area contributed by atoms with E-state index in [1.807, 2.05) is 25.1 Å². The van der Waals surface area contributed by atoms with Crippen molar-refractivity contribution in [2.75, 3.05) is 0 Å². The minimum absolute atomic E-state index is 0.0566. The summed E-state index contributed by atoms with van der Waals surface area (Å²) in [4.78, 5) is 25.3. The van der Waals surface area contributed by atoms with E-state index in [2.05, 4.69) is 20.8 Å². The number of benzene rings is 1. The van der Waals surface area contributed by atoms with E-state index in [-0.39, 0.29) is 17.9 Å². The highest BCUT2D eigenvalue weighted by Crippen LogP contribution is 2.36. The van der Waals surface area contributed by atoms with E-state index in [1.54, 1.807) is 12.1 Å². The van der Waals surface area contributed by atoms with Crippen molar-refractivity contribution in [3.63, 3.8) is 0 Å². The Balaban J connectivity index is 2.09. The predicted molar refractivity (Wildman–Crippen MR) is 95.8 cm³/mol. The van der Waals surface area contributed by atoms with Crippen molar-refractivity contribution in [3.8, 4) is 0 Å². The van der Waals surface area contributed by atoms with Crippen molar-refractivity contribution < 1.29 is 14.3 Å². The first-order chi connectivity index (χ1) is 11.4. The van der Waals surface area contributed by atoms with Gasteiger partial charge in [0.1, 0.15) is 12.0 Å². The van der Waals surface area contributed by atoms with E-state index in [4.69, 9.17) is 4.74 Å². The lowest BCUT2D eigenvalue weighted by Crippen LogP contribution is -2.38. The Morgan fingerprint density at radius 2 is 1.83 bits per heavy atom. The van der Waals surface area contributed by atoms with Gasteiger partial charge in [0.05, 0.1) is 0 Å². The molecule has 4 atom stereocenters. The molecule has 3 nitrogen and oxygen atoms in total. The summed E-state index contributed by atoms with van der Waals surface area (Å²) < 4.78 is 5.87. The Morgan fingerprint density at radius 1 is 1.17 bits per heavy atom. The smallest absolute Gasteiger partial charge is 0.317 e. The standard InChI is InChI=1S/C21H30O3/c1-5-17(20(22)16-9-7-6-8-10-16)21(23)24-19-13-15(4)11-12-18(19)14(2)3/h6-10,14-15,17-19H,5,11-13H2,1-4H3/t15-,17-,18+,19+/m0/s1. The first-order valence-electron chi connectivity index (χ1n) is 9.23. The second-order valence-electron chi connectivity index (χ2n) is 7.49. The largest absolute Gasteiger partial charge is 0.462 e. The zero-order chi connectivity index (χ0) is 17.7. The lowest BCUT2D eigenvalue weighted by Gasteiger charge is -2.37. The molecule has 0 amide bonds. The molecule has 24 heavy (non-hydrogen) atoms. The molecule has 0 spiro atoms. The van der Waals surface area contributed by atoms with Crippen molar-refractivity contribution in [2.45, 2.75) is 59.5 Å². The fourth-order valence-corrected chi connectivity index (χ4v) is 3.74. The van der Waals surface area contributed by atoms with E-state index < -0.39 is 5.92 Å². The van der Waals surface area contributed by atoms with Crippen LogP contribution < -0.4 is 0 Å². The summed E-state index contributed by atoms with van der Waals surface area (Å²) in [6.07, 6.45) is 3.61. The van der Waals surface area contributed by atoms with Crippen LogP contribution in [0.1, 0.15) is 63.7 Å². The summed E-state index contributed by atoms with van der Waals surface area (Å²) in [5.74, 6) is 0.277. The molecule has 1 aromatic rings. The number of hydrogen-bond acceptors (Lipinski definition) is 3. The van der Waals surface area contributed by atoms with Crippen LogP contribution in [0.4, 0.5) is 0 Å². The fourth-order valence-electron chi connectivity index (χ4n) is 3.74. The number of rotatable bonds is 6. The summed E-state index contributed by atoms with van der Waals surface area (Å²) >= 11 is 0. The molecule has 0 radical (unpaired) electrons. The van der Waals surface area contributed by atoms with Gasteiger partial charge in [-0.3, -0.25) is 9.59 Å². The molecule has 3 heteroatoms. The minimum Gasteiger partial charge on any atom is -0.462 e. The van der Waals surface area contributed by atoms with Crippen LogP contribution in [0.2, 0.25) is 0 Å². The van der Waals surface area contributed by atoms with Crippen LogP contribution >= 0.6 is 0 Å². The van der Waals surface area contributed by atoms with E-state index in [0.717, 1.165) is 12.8 Å². The lowest BCUT2D eigenvalue weighted by atomic mass is 9.75. The van der Waals surface area contributed by atoms with Crippen LogP contribution in [0, 0.1) is 23.7 Å². The third-order valence-corrected chi connectivity index (χ3v) is 5.30. The van der Waals surface area contributed by atoms with Crippen molar-refractivity contribution in [1.82, 2.24) is 0 Å². The van der Waals surface area contributed by atoms with E-state index in [1.165, 1.54) is 6.42 Å². The normalized spacial score (nSPS) is 25.3. The highest BCUT2D eigenvalue weighted by atomic mass is 16.5. The molecule has 0 N–H and O–H groups in total. The summed E-state index contributed by atoms with van der Waals surface area (Å²) in [6, 6.07) is 9.04. The van der Waals surface area contributed by atoms with E-state index in [9.17, 15) is 9.59 Å². The number of carbonyl (C=O) groups is 2. The van der Waals surface area contributed by atoms with Gasteiger partial charge in [-0.15, -0.1) is 0 Å². The molecule has 0 aliphatic heterocycles. The molecular weight excluding hydrogens is 300 g/mol. The second kappa shape index (κ2) is 8.46. The van der Waals surface area contributed by atoms with Crippen molar-refractivity contribution >= 4 is 11.8 Å². The summed E-state index contributed by atoms with van der Waals surface area (Å²) in [5, 5.41) is 0. The molecule has 2 rings (SSSR count). The molecule has 1 aliphatic carbocycles. The SMILES string of the molecule is CC[C@H](C(=O)O[C@@H]1C[C@@H](C)CC[C@@H]1C(C)C)C(=O)c1ccccc1. The maximum Gasteiger partial charge on any atom is 0.317 e. The van der Waals surface area contributed by atoms with Crippen LogP contribution in [0.5, 0.6) is 0 Å². The molecule has 132 valence electrons. The summed E-state index contributed by atoms with van der Waals surface area (Å²) in [6.45, 7) is 8.46. The molecule has 1 saturated carbocycles. The van der Waals surface area contributed by atoms with Gasteiger partial charge in [0, 0.05) is 5.56 Å². The molecule has 0 unspecified atom stereocenters. The molecule has 0 aromatic heterocycles. The highest BCUT2D eigenvalue weighted by Gasteiger charge is 2.36. The third kappa shape index (κ3) is 4.46. The van der Waals surface area contributed by atoms with Gasteiger partial charge in [0.2, 0.25) is 0 Å². The monoisotopic (exact) mass is 330 g/mol. The van der Waals surface area contributed by atoms with Crippen molar-refractivity contribution in [3.05, 3.63) is 35.9 Å². The number of hydrogen-bond donors (Lipinski definition) is 0. The van der Waals surface area contributed by atoms with Crippen LogP contribution in [0.15, 0.2) is 30.3 Å². The topological polar surface area (TPSA) is 43.4 Å². The van der Waals surface area contributed by atoms with Gasteiger partial charge in [0.15, 0.2) is 5.78 Å². The van der Waals surface area contributed by atoms with Gasteiger partial charge in [0.25, 0.3) is 0 Å². The average molecular weight is 330 g/mol. The van der Waals surface area contributed by atoms with Gasteiger partial charge in [-0.05, 0) is 37.0 Å². The van der Waals surface area contributed by atoms with E-state index in [0.29, 0.717) is 29.7 Å². The Kier molecular flexibility index (Phi) is 6.59. The van der Waals surface area contributed by atoms with Crippen molar-refractivity contribution in [1.29, 1.82) is 0 Å². The maximum absolute atomic E-state index is 12.7. The van der Waals surface area contributed by atoms with Gasteiger partial charge in [-0.2, -0.15) is 0 Å². The Labute approximate surface area is 145 Å². The second-order valence-corrected chi connectivity index (χ2v) is 7.49. The number of esters is 1. The Hall–Kier alpha value is -1.64. The Morgan fingerprint density at radius 3 is 2.42 bits per heavy atom. The van der Waals surface area contributed by atoms with Gasteiger partial charge in [-0.25, -0.2) is 0 Å². The fraction of sp³-hybridized carbons (Fsp3) is 0.619. The lowest BCUT2D eigenvalue weighted by molar-refractivity contribution is -0.159. The number of ether oxygens (including phenoxy) is 1. The van der Waals surface area contributed by atoms with Gasteiger partial charge >= 0.3 is 5.97 Å². The van der Waals surface area contributed by atoms with Crippen LogP contribution in [0.3, 0.4) is 0 Å². The summed E-state index contributed by atoms with van der Waals surface area (Å²) in [7, 11) is 0. The average Bonchev–Trinajstić information content (AvgIpc) is 2.56. The molecule has 0 heterocycles. The van der Waals surface area contributed by atoms with Crippen LogP contribution in [-0.2, 0) is 9.53 Å². The molecule has 1 aliphatic rings. The number of carbonyl (C=O) groups excluding carboxylic acids is 2. The number of Topliss-reactive ketones (excluding diaryl/α,β-unsaturated/α-hetero) is 1. The summed E-state index contributed by atoms with van der Waals surface area (Å²) in [5.41, 5.74) is 0.582. The predicted octanol–water partition coefficient (Wildman–Crippen LogP) is 4.90. The van der Waals surface area contributed by atoms with Crippen molar-refractivity contribution in [2.24, 2.45) is 23.7 Å². The highest BCUT2D eigenvalue weighted by molar-refractivity contribution is 6.08. The minimum atomic E-state index is -0.697. The van der Waals surface area contributed by atoms with Gasteiger partial charge in [-0.1, -0.05) is 64.4 Å². The molecule has 1 fully saturated rings. The first kappa shape index (κ1) is 18.7. The molecular formula is C21H30O3.